The molecule has 21 heavy (non-hydrogen) atoms. The van der Waals surface area contributed by atoms with Gasteiger partial charge in [-0.05, 0) is 53.5 Å². The summed E-state index contributed by atoms with van der Waals surface area (Å²) in [6, 6.07) is 13.9. The second-order valence-electron chi connectivity index (χ2n) is 5.13. The zero-order valence-electron chi connectivity index (χ0n) is 12.2. The molecule has 0 fully saturated rings. The molecular weight excluding hydrogens is 394 g/mol. The first-order valence-corrected chi connectivity index (χ1v) is 8.27. The first-order chi connectivity index (χ1) is 9.90. The summed E-state index contributed by atoms with van der Waals surface area (Å²) in [6.07, 6.45) is 0. The Balaban J connectivity index is 2.26. The molecule has 1 atom stereocenters. The normalized spacial score (nSPS) is 12.0. The molecule has 2 aromatic carbocycles. The summed E-state index contributed by atoms with van der Waals surface area (Å²) < 4.78 is 1.70. The summed E-state index contributed by atoms with van der Waals surface area (Å²) in [5.74, 6) is -0.00347. The minimum absolute atomic E-state index is 0.00347. The second kappa shape index (κ2) is 6.75. The average Bonchev–Trinajstić information content (AvgIpc) is 2.48. The number of benzene rings is 2. The number of hydrogen-bond donors (Lipinski definition) is 0. The van der Waals surface area contributed by atoms with Gasteiger partial charge in [-0.1, -0.05) is 45.8 Å². The summed E-state index contributed by atoms with van der Waals surface area (Å²) in [6.45, 7) is 4.09. The number of amides is 1. The highest BCUT2D eigenvalue weighted by atomic mass is 79.9. The lowest BCUT2D eigenvalue weighted by Gasteiger charge is -2.26. The Hall–Kier alpha value is -1.13. The van der Waals surface area contributed by atoms with E-state index in [4.69, 9.17) is 0 Å². The van der Waals surface area contributed by atoms with Crippen LogP contribution in [0.3, 0.4) is 0 Å². The Morgan fingerprint density at radius 2 is 1.71 bits per heavy atom. The van der Waals surface area contributed by atoms with Gasteiger partial charge in [0.15, 0.2) is 0 Å². The van der Waals surface area contributed by atoms with Gasteiger partial charge >= 0.3 is 0 Å². The molecule has 2 nitrogen and oxygen atoms in total. The molecule has 0 saturated heterocycles. The Bertz CT molecular complexity index is 652. The fraction of sp³-hybridized carbons (Fsp3) is 0.235. The van der Waals surface area contributed by atoms with E-state index in [-0.39, 0.29) is 11.9 Å². The summed E-state index contributed by atoms with van der Waals surface area (Å²) >= 11 is 6.86. The number of carbonyl (C=O) groups excluding carboxylic acids is 1. The van der Waals surface area contributed by atoms with Crippen molar-refractivity contribution in [1.82, 2.24) is 4.90 Å². The molecule has 1 amide bonds. The van der Waals surface area contributed by atoms with E-state index in [0.29, 0.717) is 5.56 Å². The molecule has 0 aliphatic heterocycles. The van der Waals surface area contributed by atoms with Gasteiger partial charge in [0.25, 0.3) is 5.91 Å². The van der Waals surface area contributed by atoms with Crippen LogP contribution in [0.5, 0.6) is 0 Å². The van der Waals surface area contributed by atoms with Gasteiger partial charge in [0, 0.05) is 16.0 Å². The van der Waals surface area contributed by atoms with Crippen molar-refractivity contribution in [2.75, 3.05) is 7.05 Å². The van der Waals surface area contributed by atoms with Gasteiger partial charge in [0.2, 0.25) is 0 Å². The van der Waals surface area contributed by atoms with Gasteiger partial charge in [-0.3, -0.25) is 4.79 Å². The van der Waals surface area contributed by atoms with Crippen LogP contribution < -0.4 is 0 Å². The van der Waals surface area contributed by atoms with Crippen LogP contribution in [-0.2, 0) is 0 Å². The highest BCUT2D eigenvalue weighted by Gasteiger charge is 2.20. The Kier molecular flexibility index (Phi) is 5.22. The Labute approximate surface area is 142 Å². The fourth-order valence-corrected chi connectivity index (χ4v) is 2.87. The lowest BCUT2D eigenvalue weighted by molar-refractivity contribution is 0.0741. The minimum atomic E-state index is -0.00347. The van der Waals surface area contributed by atoms with Crippen molar-refractivity contribution in [1.29, 1.82) is 0 Å². The monoisotopic (exact) mass is 409 g/mol. The van der Waals surface area contributed by atoms with Gasteiger partial charge in [-0.15, -0.1) is 0 Å². The molecule has 2 rings (SSSR count). The maximum absolute atomic E-state index is 12.7. The first kappa shape index (κ1) is 16.2. The predicted molar refractivity (Wildman–Crippen MR) is 93.5 cm³/mol. The molecule has 0 N–H and O–H groups in total. The van der Waals surface area contributed by atoms with Crippen LogP contribution in [0.2, 0.25) is 0 Å². The Morgan fingerprint density at radius 1 is 1.10 bits per heavy atom. The van der Waals surface area contributed by atoms with E-state index in [1.54, 1.807) is 4.90 Å². The smallest absolute Gasteiger partial charge is 0.255 e. The summed E-state index contributed by atoms with van der Waals surface area (Å²) in [5.41, 5.74) is 3.00. The molecule has 0 aliphatic rings. The molecule has 1 unspecified atom stereocenters. The van der Waals surface area contributed by atoms with Crippen LogP contribution in [0.25, 0.3) is 0 Å². The number of aryl methyl sites for hydroxylation is 1. The Morgan fingerprint density at radius 3 is 2.33 bits per heavy atom. The average molecular weight is 411 g/mol. The summed E-state index contributed by atoms with van der Waals surface area (Å²) in [7, 11) is 1.83. The number of rotatable bonds is 3. The molecule has 0 spiro atoms. The molecule has 0 aromatic heterocycles. The third kappa shape index (κ3) is 3.74. The van der Waals surface area contributed by atoms with Crippen LogP contribution in [0.4, 0.5) is 0 Å². The van der Waals surface area contributed by atoms with Crippen LogP contribution in [0.15, 0.2) is 51.4 Å². The molecule has 0 radical (unpaired) electrons. The van der Waals surface area contributed by atoms with Crippen LogP contribution in [0.1, 0.15) is 34.5 Å². The van der Waals surface area contributed by atoms with Gasteiger partial charge in [-0.2, -0.15) is 0 Å². The zero-order chi connectivity index (χ0) is 15.6. The van der Waals surface area contributed by atoms with Crippen molar-refractivity contribution in [2.45, 2.75) is 19.9 Å². The second-order valence-corrected chi connectivity index (χ2v) is 6.90. The molecule has 110 valence electrons. The number of hydrogen-bond acceptors (Lipinski definition) is 1. The van der Waals surface area contributed by atoms with Crippen molar-refractivity contribution >= 4 is 37.8 Å². The van der Waals surface area contributed by atoms with Crippen LogP contribution in [0, 0.1) is 6.92 Å². The fourth-order valence-electron chi connectivity index (χ4n) is 2.10. The number of carbonyl (C=O) groups is 1. The van der Waals surface area contributed by atoms with Crippen LogP contribution in [-0.4, -0.2) is 17.9 Å². The third-order valence-corrected chi connectivity index (χ3v) is 4.80. The predicted octanol–water partition coefficient (Wildman–Crippen LogP) is 5.35. The highest BCUT2D eigenvalue weighted by molar-refractivity contribution is 9.11. The summed E-state index contributed by atoms with van der Waals surface area (Å²) in [4.78, 5) is 14.4. The van der Waals surface area contributed by atoms with Gasteiger partial charge in [0.1, 0.15) is 0 Å². The topological polar surface area (TPSA) is 20.3 Å². The van der Waals surface area contributed by atoms with E-state index < -0.39 is 0 Å². The SMILES string of the molecule is Cc1ccc(C(C)N(C)C(=O)c2cc(Br)ccc2Br)cc1. The van der Waals surface area contributed by atoms with Crippen molar-refractivity contribution in [2.24, 2.45) is 0 Å². The van der Waals surface area contributed by atoms with E-state index >= 15 is 0 Å². The maximum Gasteiger partial charge on any atom is 0.255 e. The van der Waals surface area contributed by atoms with Crippen molar-refractivity contribution in [3.05, 3.63) is 68.1 Å². The standard InChI is InChI=1S/C17H17Br2NO/c1-11-4-6-13(7-5-11)12(2)20(3)17(21)15-10-14(18)8-9-16(15)19/h4-10,12H,1-3H3. The van der Waals surface area contributed by atoms with Crippen molar-refractivity contribution < 1.29 is 4.79 Å². The van der Waals surface area contributed by atoms with Crippen molar-refractivity contribution in [3.63, 3.8) is 0 Å². The molecular formula is C17H17Br2NO. The zero-order valence-corrected chi connectivity index (χ0v) is 15.4. The van der Waals surface area contributed by atoms with E-state index in [2.05, 4.69) is 63.0 Å². The number of nitrogens with zero attached hydrogens (tertiary/aromatic N) is 1. The minimum Gasteiger partial charge on any atom is -0.335 e. The molecule has 4 heteroatoms. The first-order valence-electron chi connectivity index (χ1n) is 6.69. The van der Waals surface area contributed by atoms with E-state index in [0.717, 1.165) is 14.5 Å². The third-order valence-electron chi connectivity index (χ3n) is 3.62. The molecule has 0 aliphatic carbocycles. The lowest BCUT2D eigenvalue weighted by atomic mass is 10.0. The van der Waals surface area contributed by atoms with E-state index in [1.807, 2.05) is 32.2 Å². The largest absolute Gasteiger partial charge is 0.335 e. The number of halogens is 2. The van der Waals surface area contributed by atoms with Gasteiger partial charge in [0.05, 0.1) is 11.6 Å². The molecule has 0 bridgehead atoms. The van der Waals surface area contributed by atoms with Crippen molar-refractivity contribution in [3.8, 4) is 0 Å². The molecule has 2 aromatic rings. The lowest BCUT2D eigenvalue weighted by Crippen LogP contribution is -2.29. The summed E-state index contributed by atoms with van der Waals surface area (Å²) in [5, 5.41) is 0. The van der Waals surface area contributed by atoms with E-state index in [9.17, 15) is 4.79 Å². The van der Waals surface area contributed by atoms with Gasteiger partial charge in [-0.25, -0.2) is 0 Å². The highest BCUT2D eigenvalue weighted by Crippen LogP contribution is 2.26. The molecule has 0 saturated carbocycles. The van der Waals surface area contributed by atoms with Crippen LogP contribution >= 0.6 is 31.9 Å². The maximum atomic E-state index is 12.7. The molecule has 0 heterocycles. The quantitative estimate of drug-likeness (QED) is 0.667. The van der Waals surface area contributed by atoms with Gasteiger partial charge < -0.3 is 4.90 Å². The van der Waals surface area contributed by atoms with E-state index in [1.165, 1.54) is 5.56 Å².